The maximum Gasteiger partial charge on any atom is 0.147 e. The van der Waals surface area contributed by atoms with Crippen LogP contribution in [0, 0.1) is 5.41 Å². The Morgan fingerprint density at radius 3 is 2.38 bits per heavy atom. The van der Waals surface area contributed by atoms with Gasteiger partial charge in [0.05, 0.1) is 16.7 Å². The molecule has 0 atom stereocenters. The summed E-state index contributed by atoms with van der Waals surface area (Å²) in [6.07, 6.45) is 5.43. The SMILES string of the molecule is CCCNc1nc(NCC2(CO)CCCC2)c(Cl)cc1Cl. The number of nitrogens with one attached hydrogen (secondary N) is 2. The Morgan fingerprint density at radius 1 is 1.19 bits per heavy atom. The van der Waals surface area contributed by atoms with E-state index in [1.165, 1.54) is 12.8 Å². The molecule has 1 aliphatic rings. The maximum absolute atomic E-state index is 9.65. The van der Waals surface area contributed by atoms with Gasteiger partial charge in [0.2, 0.25) is 0 Å². The van der Waals surface area contributed by atoms with E-state index in [1.54, 1.807) is 6.07 Å². The lowest BCUT2D eigenvalue weighted by molar-refractivity contribution is 0.142. The van der Waals surface area contributed by atoms with E-state index < -0.39 is 0 Å². The molecule has 0 saturated heterocycles. The van der Waals surface area contributed by atoms with Crippen LogP contribution in [-0.2, 0) is 0 Å². The number of anilines is 2. The summed E-state index contributed by atoms with van der Waals surface area (Å²) in [4.78, 5) is 4.47. The second-order valence-corrected chi connectivity index (χ2v) is 6.61. The highest BCUT2D eigenvalue weighted by molar-refractivity contribution is 6.37. The highest BCUT2D eigenvalue weighted by atomic mass is 35.5. The molecular formula is C15H23Cl2N3O. The Labute approximate surface area is 136 Å². The molecule has 0 amide bonds. The highest BCUT2D eigenvalue weighted by Gasteiger charge is 2.33. The summed E-state index contributed by atoms with van der Waals surface area (Å²) in [6, 6.07) is 1.71. The van der Waals surface area contributed by atoms with Crippen LogP contribution >= 0.6 is 23.2 Å². The molecule has 6 heteroatoms. The van der Waals surface area contributed by atoms with Crippen LogP contribution in [0.2, 0.25) is 10.0 Å². The van der Waals surface area contributed by atoms with E-state index in [9.17, 15) is 5.11 Å². The fourth-order valence-corrected chi connectivity index (χ4v) is 3.24. The van der Waals surface area contributed by atoms with E-state index in [0.29, 0.717) is 28.2 Å². The third-order valence-corrected chi connectivity index (χ3v) is 4.68. The molecule has 4 nitrogen and oxygen atoms in total. The minimum absolute atomic E-state index is 0.0400. The van der Waals surface area contributed by atoms with Crippen LogP contribution in [0.3, 0.4) is 0 Å². The first-order valence-corrected chi connectivity index (χ1v) is 8.30. The zero-order chi connectivity index (χ0) is 15.3. The van der Waals surface area contributed by atoms with Crippen molar-refractivity contribution in [3.8, 4) is 0 Å². The Bertz CT molecular complexity index is 476. The molecule has 0 spiro atoms. The van der Waals surface area contributed by atoms with Gasteiger partial charge in [-0.05, 0) is 25.3 Å². The molecule has 118 valence electrons. The Morgan fingerprint density at radius 2 is 1.81 bits per heavy atom. The molecule has 0 bridgehead atoms. The fraction of sp³-hybridized carbons (Fsp3) is 0.667. The molecule has 1 saturated carbocycles. The van der Waals surface area contributed by atoms with Crippen molar-refractivity contribution >= 4 is 34.8 Å². The second kappa shape index (κ2) is 7.52. The number of pyridine rings is 1. The Hall–Kier alpha value is -0.710. The predicted octanol–water partition coefficient (Wildman–Crippen LogP) is 4.17. The molecule has 1 fully saturated rings. The lowest BCUT2D eigenvalue weighted by atomic mass is 9.87. The summed E-state index contributed by atoms with van der Waals surface area (Å²) < 4.78 is 0. The van der Waals surface area contributed by atoms with Gasteiger partial charge in [-0.1, -0.05) is 43.0 Å². The van der Waals surface area contributed by atoms with E-state index >= 15 is 0 Å². The van der Waals surface area contributed by atoms with Gasteiger partial charge in [-0.2, -0.15) is 0 Å². The molecule has 0 aromatic carbocycles. The number of hydrogen-bond acceptors (Lipinski definition) is 4. The van der Waals surface area contributed by atoms with Crippen molar-refractivity contribution in [3.05, 3.63) is 16.1 Å². The molecule has 21 heavy (non-hydrogen) atoms. The van der Waals surface area contributed by atoms with Crippen LogP contribution in [0.25, 0.3) is 0 Å². The first kappa shape index (κ1) is 16.7. The van der Waals surface area contributed by atoms with Gasteiger partial charge < -0.3 is 15.7 Å². The normalized spacial score (nSPS) is 17.0. The van der Waals surface area contributed by atoms with Gasteiger partial charge >= 0.3 is 0 Å². The number of halogens is 2. The van der Waals surface area contributed by atoms with Crippen LogP contribution < -0.4 is 10.6 Å². The van der Waals surface area contributed by atoms with Crippen molar-refractivity contribution in [1.29, 1.82) is 0 Å². The van der Waals surface area contributed by atoms with Crippen molar-refractivity contribution in [2.45, 2.75) is 39.0 Å². The third kappa shape index (κ3) is 4.15. The minimum atomic E-state index is -0.0400. The molecular weight excluding hydrogens is 309 g/mol. The molecule has 1 heterocycles. The first-order valence-electron chi connectivity index (χ1n) is 7.55. The second-order valence-electron chi connectivity index (χ2n) is 5.79. The van der Waals surface area contributed by atoms with Crippen molar-refractivity contribution in [2.75, 3.05) is 30.3 Å². The van der Waals surface area contributed by atoms with E-state index in [1.807, 2.05) is 0 Å². The van der Waals surface area contributed by atoms with Gasteiger partial charge in [0.25, 0.3) is 0 Å². The van der Waals surface area contributed by atoms with Crippen molar-refractivity contribution in [2.24, 2.45) is 5.41 Å². The van der Waals surface area contributed by atoms with Crippen molar-refractivity contribution in [1.82, 2.24) is 4.98 Å². The topological polar surface area (TPSA) is 57.2 Å². The molecule has 0 unspecified atom stereocenters. The number of aliphatic hydroxyl groups is 1. The monoisotopic (exact) mass is 331 g/mol. The average molecular weight is 332 g/mol. The predicted molar refractivity (Wildman–Crippen MR) is 89.5 cm³/mol. The number of rotatable bonds is 7. The minimum Gasteiger partial charge on any atom is -0.396 e. The molecule has 1 aromatic heterocycles. The number of aromatic nitrogens is 1. The quantitative estimate of drug-likeness (QED) is 0.701. The van der Waals surface area contributed by atoms with E-state index in [4.69, 9.17) is 23.2 Å². The van der Waals surface area contributed by atoms with Crippen molar-refractivity contribution < 1.29 is 5.11 Å². The molecule has 0 aliphatic heterocycles. The summed E-state index contributed by atoms with van der Waals surface area (Å²) >= 11 is 12.4. The molecule has 1 aromatic rings. The smallest absolute Gasteiger partial charge is 0.147 e. The van der Waals surface area contributed by atoms with E-state index in [-0.39, 0.29) is 12.0 Å². The zero-order valence-corrected chi connectivity index (χ0v) is 13.9. The molecule has 2 rings (SSSR count). The van der Waals surface area contributed by atoms with E-state index in [0.717, 1.165) is 25.8 Å². The first-order chi connectivity index (χ1) is 10.1. The van der Waals surface area contributed by atoms with Gasteiger partial charge in [-0.3, -0.25) is 0 Å². The average Bonchev–Trinajstić information content (AvgIpc) is 2.95. The number of hydrogen-bond donors (Lipinski definition) is 3. The van der Waals surface area contributed by atoms with Gasteiger partial charge in [-0.15, -0.1) is 0 Å². The largest absolute Gasteiger partial charge is 0.396 e. The van der Waals surface area contributed by atoms with Crippen LogP contribution in [0.1, 0.15) is 39.0 Å². The molecule has 3 N–H and O–H groups in total. The molecule has 0 radical (unpaired) electrons. The van der Waals surface area contributed by atoms with Crippen LogP contribution in [-0.4, -0.2) is 29.8 Å². The number of aliphatic hydroxyl groups excluding tert-OH is 1. The van der Waals surface area contributed by atoms with E-state index in [2.05, 4.69) is 22.5 Å². The Balaban J connectivity index is 2.08. The fourth-order valence-electron chi connectivity index (χ4n) is 2.74. The van der Waals surface area contributed by atoms with Crippen LogP contribution in [0.5, 0.6) is 0 Å². The highest BCUT2D eigenvalue weighted by Crippen LogP contribution is 2.38. The van der Waals surface area contributed by atoms with Crippen molar-refractivity contribution in [3.63, 3.8) is 0 Å². The molecule has 1 aliphatic carbocycles. The van der Waals surface area contributed by atoms with Crippen LogP contribution in [0.15, 0.2) is 6.07 Å². The van der Waals surface area contributed by atoms with Gasteiger partial charge in [0.1, 0.15) is 11.6 Å². The van der Waals surface area contributed by atoms with Gasteiger partial charge in [0.15, 0.2) is 0 Å². The summed E-state index contributed by atoms with van der Waals surface area (Å²) in [5.41, 5.74) is -0.0400. The summed E-state index contributed by atoms with van der Waals surface area (Å²) in [7, 11) is 0. The summed E-state index contributed by atoms with van der Waals surface area (Å²) in [6.45, 7) is 3.78. The summed E-state index contributed by atoms with van der Waals surface area (Å²) in [5, 5.41) is 17.2. The standard InChI is InChI=1S/C15H23Cl2N3O/c1-2-7-18-13-11(16)8-12(17)14(20-13)19-9-15(10-21)5-3-4-6-15/h8,21H,2-7,9-10H2,1H3,(H2,18,19,20). The lowest BCUT2D eigenvalue weighted by Gasteiger charge is -2.27. The third-order valence-electron chi connectivity index (χ3n) is 4.10. The summed E-state index contributed by atoms with van der Waals surface area (Å²) in [5.74, 6) is 1.27. The maximum atomic E-state index is 9.65. The van der Waals surface area contributed by atoms with Gasteiger partial charge in [-0.25, -0.2) is 4.98 Å². The lowest BCUT2D eigenvalue weighted by Crippen LogP contribution is -2.30. The van der Waals surface area contributed by atoms with Crippen LogP contribution in [0.4, 0.5) is 11.6 Å². The van der Waals surface area contributed by atoms with Gasteiger partial charge in [0, 0.05) is 18.5 Å². The number of nitrogens with zero attached hydrogens (tertiary/aromatic N) is 1. The zero-order valence-electron chi connectivity index (χ0n) is 12.4. The Kier molecular flexibility index (Phi) is 5.97.